The maximum absolute atomic E-state index is 6.35. The summed E-state index contributed by atoms with van der Waals surface area (Å²) >= 11 is 0. The molecule has 0 aliphatic heterocycles. The highest BCUT2D eigenvalue weighted by molar-refractivity contribution is 6.67. The standard InChI is InChI=1S/C16H27BN2O.C4H10/c1-15(2,3)16(4,5)20-17(6)13-8-7-11-18-14(13)19-12-9-10-12;1-3-4-2/h7-8,11-12H,9-10H2,1-6H3,(H,18,19);3-4H2,1-2H3. The summed E-state index contributed by atoms with van der Waals surface area (Å²) < 4.78 is 6.35. The smallest absolute Gasteiger partial charge is 0.327 e. The lowest BCUT2D eigenvalue weighted by Gasteiger charge is -2.41. The van der Waals surface area contributed by atoms with E-state index in [9.17, 15) is 0 Å². The number of hydrogen-bond donors (Lipinski definition) is 1. The van der Waals surface area contributed by atoms with E-state index < -0.39 is 0 Å². The van der Waals surface area contributed by atoms with Crippen LogP contribution in [0.4, 0.5) is 5.82 Å². The van der Waals surface area contributed by atoms with Crippen LogP contribution in [0.15, 0.2) is 18.3 Å². The minimum atomic E-state index is -0.195. The number of unbranched alkanes of at least 4 members (excludes halogenated alkanes) is 1. The van der Waals surface area contributed by atoms with Crippen LogP contribution in [0.1, 0.15) is 74.1 Å². The molecule has 1 fully saturated rings. The largest absolute Gasteiger partial charge is 0.426 e. The number of nitrogens with one attached hydrogen (secondary N) is 1. The van der Waals surface area contributed by atoms with Gasteiger partial charge in [-0.25, -0.2) is 4.98 Å². The van der Waals surface area contributed by atoms with Crippen molar-refractivity contribution in [3.05, 3.63) is 18.3 Å². The zero-order valence-corrected chi connectivity index (χ0v) is 17.1. The van der Waals surface area contributed by atoms with Crippen molar-refractivity contribution in [1.82, 2.24) is 4.98 Å². The van der Waals surface area contributed by atoms with Gasteiger partial charge in [0.15, 0.2) is 0 Å². The first-order valence-electron chi connectivity index (χ1n) is 9.51. The number of hydrogen-bond acceptors (Lipinski definition) is 3. The first-order chi connectivity index (χ1) is 11.1. The highest BCUT2D eigenvalue weighted by Crippen LogP contribution is 2.33. The van der Waals surface area contributed by atoms with E-state index in [4.69, 9.17) is 4.65 Å². The Morgan fingerprint density at radius 3 is 2.21 bits per heavy atom. The van der Waals surface area contributed by atoms with Gasteiger partial charge in [0.25, 0.3) is 0 Å². The zero-order chi connectivity index (χ0) is 18.4. The molecular weight excluding hydrogens is 295 g/mol. The second-order valence-electron chi connectivity index (χ2n) is 8.38. The van der Waals surface area contributed by atoms with Gasteiger partial charge in [0.05, 0.1) is 5.60 Å². The molecule has 1 aromatic heterocycles. The highest BCUT2D eigenvalue weighted by atomic mass is 16.5. The summed E-state index contributed by atoms with van der Waals surface area (Å²) in [7, 11) is 0. The molecule has 3 nitrogen and oxygen atoms in total. The van der Waals surface area contributed by atoms with Gasteiger partial charge >= 0.3 is 6.92 Å². The van der Waals surface area contributed by atoms with Crippen LogP contribution in [0.5, 0.6) is 0 Å². The Morgan fingerprint density at radius 2 is 1.75 bits per heavy atom. The molecule has 0 aromatic carbocycles. The van der Waals surface area contributed by atoms with Gasteiger partial charge in [-0.1, -0.05) is 60.3 Å². The fraction of sp³-hybridized carbons (Fsp3) is 0.750. The van der Waals surface area contributed by atoms with Crippen molar-refractivity contribution >= 4 is 18.2 Å². The fourth-order valence-corrected chi connectivity index (χ4v) is 1.97. The summed E-state index contributed by atoms with van der Waals surface area (Å²) in [5, 5.41) is 3.50. The van der Waals surface area contributed by atoms with Crippen LogP contribution < -0.4 is 10.8 Å². The Kier molecular flexibility index (Phi) is 7.79. The van der Waals surface area contributed by atoms with Crippen LogP contribution in [0.3, 0.4) is 0 Å². The summed E-state index contributed by atoms with van der Waals surface area (Å²) in [5.74, 6) is 0.979. The molecule has 0 atom stereocenters. The molecule has 1 aromatic rings. The topological polar surface area (TPSA) is 34.1 Å². The monoisotopic (exact) mass is 332 g/mol. The first kappa shape index (κ1) is 21.0. The third kappa shape index (κ3) is 6.47. The number of aromatic nitrogens is 1. The van der Waals surface area contributed by atoms with E-state index >= 15 is 0 Å². The molecule has 1 heterocycles. The fourth-order valence-electron chi connectivity index (χ4n) is 1.97. The van der Waals surface area contributed by atoms with Crippen LogP contribution >= 0.6 is 0 Å². The van der Waals surface area contributed by atoms with Crippen LogP contribution in [0, 0.1) is 5.41 Å². The Morgan fingerprint density at radius 1 is 1.17 bits per heavy atom. The quantitative estimate of drug-likeness (QED) is 0.733. The Bertz CT molecular complexity index is 491. The van der Waals surface area contributed by atoms with E-state index in [2.05, 4.69) is 71.7 Å². The molecule has 1 aliphatic carbocycles. The highest BCUT2D eigenvalue weighted by Gasteiger charge is 2.37. The molecule has 0 radical (unpaired) electrons. The number of pyridine rings is 1. The Balaban J connectivity index is 0.000000648. The van der Waals surface area contributed by atoms with Crippen LogP contribution in [0.2, 0.25) is 6.82 Å². The maximum Gasteiger partial charge on any atom is 0.327 e. The van der Waals surface area contributed by atoms with E-state index in [1.54, 1.807) is 0 Å². The average Bonchev–Trinajstić information content (AvgIpc) is 3.30. The average molecular weight is 332 g/mol. The van der Waals surface area contributed by atoms with Crippen LogP contribution in [-0.4, -0.2) is 23.5 Å². The molecule has 24 heavy (non-hydrogen) atoms. The van der Waals surface area contributed by atoms with Gasteiger partial charge in [-0.05, 0) is 43.6 Å². The number of nitrogens with zero attached hydrogens (tertiary/aromatic N) is 1. The predicted molar refractivity (Wildman–Crippen MR) is 107 cm³/mol. The normalized spacial score (nSPS) is 14.7. The van der Waals surface area contributed by atoms with Crippen molar-refractivity contribution in [3.8, 4) is 0 Å². The molecule has 1 saturated carbocycles. The van der Waals surface area contributed by atoms with E-state index in [1.165, 1.54) is 25.7 Å². The van der Waals surface area contributed by atoms with Gasteiger partial charge in [-0.15, -0.1) is 0 Å². The van der Waals surface area contributed by atoms with Gasteiger partial charge in [0, 0.05) is 12.2 Å². The second kappa shape index (κ2) is 8.89. The molecule has 0 saturated heterocycles. The predicted octanol–water partition coefficient (Wildman–Crippen LogP) is 5.13. The van der Waals surface area contributed by atoms with Crippen molar-refractivity contribution < 1.29 is 4.65 Å². The summed E-state index contributed by atoms with van der Waals surface area (Å²) in [5.41, 5.74) is 1.05. The molecular formula is C20H37BN2O. The molecule has 2 rings (SSSR count). The van der Waals surface area contributed by atoms with Crippen molar-refractivity contribution in [3.63, 3.8) is 0 Å². The summed E-state index contributed by atoms with van der Waals surface area (Å²) in [6.07, 6.45) is 6.98. The van der Waals surface area contributed by atoms with E-state index in [0.717, 1.165) is 11.3 Å². The third-order valence-corrected chi connectivity index (χ3v) is 4.97. The molecule has 0 spiro atoms. The lowest BCUT2D eigenvalue weighted by atomic mass is 9.62. The third-order valence-electron chi connectivity index (χ3n) is 4.97. The van der Waals surface area contributed by atoms with Gasteiger partial charge in [-0.2, -0.15) is 0 Å². The molecule has 0 amide bonds. The Hall–Kier alpha value is -1.03. The zero-order valence-electron chi connectivity index (χ0n) is 17.1. The van der Waals surface area contributed by atoms with Gasteiger partial charge in [0.1, 0.15) is 5.82 Å². The van der Waals surface area contributed by atoms with Gasteiger partial charge < -0.3 is 9.97 Å². The summed E-state index contributed by atoms with van der Waals surface area (Å²) in [4.78, 5) is 4.48. The number of rotatable bonds is 6. The molecule has 1 N–H and O–H groups in total. The SMILES string of the molecule is CB(OC(C)(C)C(C)(C)C)c1cccnc1NC1CC1.CCCC. The molecule has 136 valence electrons. The van der Waals surface area contributed by atoms with Gasteiger partial charge in [0.2, 0.25) is 0 Å². The van der Waals surface area contributed by atoms with Crippen molar-refractivity contribution in [1.29, 1.82) is 0 Å². The number of anilines is 1. The van der Waals surface area contributed by atoms with E-state index in [-0.39, 0.29) is 17.9 Å². The minimum Gasteiger partial charge on any atom is -0.426 e. The van der Waals surface area contributed by atoms with Crippen LogP contribution in [-0.2, 0) is 4.65 Å². The summed E-state index contributed by atoms with van der Waals surface area (Å²) in [6, 6.07) is 4.70. The lowest BCUT2D eigenvalue weighted by Crippen LogP contribution is -2.47. The first-order valence-corrected chi connectivity index (χ1v) is 9.51. The van der Waals surface area contributed by atoms with E-state index in [0.29, 0.717) is 6.04 Å². The van der Waals surface area contributed by atoms with E-state index in [1.807, 2.05) is 12.3 Å². The minimum absolute atomic E-state index is 0.0270. The lowest BCUT2D eigenvalue weighted by molar-refractivity contribution is 0.000465. The molecule has 4 heteroatoms. The van der Waals surface area contributed by atoms with Crippen molar-refractivity contribution in [2.45, 2.75) is 92.6 Å². The van der Waals surface area contributed by atoms with Crippen molar-refractivity contribution in [2.75, 3.05) is 5.32 Å². The Labute approximate surface area is 150 Å². The van der Waals surface area contributed by atoms with Crippen molar-refractivity contribution in [2.24, 2.45) is 5.41 Å². The maximum atomic E-state index is 6.35. The molecule has 1 aliphatic rings. The second-order valence-corrected chi connectivity index (χ2v) is 8.38. The molecule has 0 bridgehead atoms. The molecule has 0 unspecified atom stereocenters. The summed E-state index contributed by atoms with van der Waals surface area (Å²) in [6.45, 7) is 17.5. The van der Waals surface area contributed by atoms with Crippen LogP contribution in [0.25, 0.3) is 0 Å². The van der Waals surface area contributed by atoms with Gasteiger partial charge in [-0.3, -0.25) is 0 Å².